The van der Waals surface area contributed by atoms with E-state index in [0.717, 1.165) is 61.7 Å². The van der Waals surface area contributed by atoms with E-state index >= 15 is 0 Å². The number of allylic oxidation sites excluding steroid dienone is 1. The SMILES string of the molecule is N=C1C=Cc2ccccc2C1=N.Nc1ccc(N2c3ccccc3N(c3ccccc3)c3ccccc32)c2ccccc12. The van der Waals surface area contributed by atoms with E-state index in [0.29, 0.717) is 5.71 Å². The molecule has 8 rings (SSSR count). The van der Waals surface area contributed by atoms with E-state index in [1.165, 1.54) is 0 Å². The minimum atomic E-state index is 0.286. The Morgan fingerprint density at radius 1 is 0.442 bits per heavy atom. The van der Waals surface area contributed by atoms with Crippen molar-refractivity contribution in [3.8, 4) is 0 Å². The monoisotopic (exact) mass is 555 g/mol. The average molecular weight is 556 g/mol. The summed E-state index contributed by atoms with van der Waals surface area (Å²) in [7, 11) is 0. The molecule has 43 heavy (non-hydrogen) atoms. The highest BCUT2D eigenvalue weighted by Gasteiger charge is 2.30. The van der Waals surface area contributed by atoms with E-state index in [1.54, 1.807) is 6.08 Å². The van der Waals surface area contributed by atoms with E-state index in [9.17, 15) is 0 Å². The van der Waals surface area contributed by atoms with Gasteiger partial charge in [-0.25, -0.2) is 0 Å². The van der Waals surface area contributed by atoms with E-state index in [2.05, 4.69) is 113 Å². The molecule has 0 aromatic heterocycles. The Balaban J connectivity index is 0.000000209. The summed E-state index contributed by atoms with van der Waals surface area (Å²) in [6.45, 7) is 0. The quantitative estimate of drug-likeness (QED) is 0.186. The highest BCUT2D eigenvalue weighted by Crippen LogP contribution is 2.54. The van der Waals surface area contributed by atoms with Crippen LogP contribution in [0.4, 0.5) is 39.8 Å². The smallest absolute Gasteiger partial charge is 0.0867 e. The van der Waals surface area contributed by atoms with Crippen molar-refractivity contribution < 1.29 is 0 Å². The largest absolute Gasteiger partial charge is 0.398 e. The third kappa shape index (κ3) is 4.53. The Bertz CT molecular complexity index is 2000. The number of rotatable bonds is 2. The van der Waals surface area contributed by atoms with E-state index < -0.39 is 0 Å². The first-order chi connectivity index (χ1) is 21.1. The second-order valence-corrected chi connectivity index (χ2v) is 10.4. The minimum Gasteiger partial charge on any atom is -0.398 e. The maximum atomic E-state index is 7.60. The maximum Gasteiger partial charge on any atom is 0.0867 e. The highest BCUT2D eigenvalue weighted by atomic mass is 15.3. The zero-order valence-electron chi connectivity index (χ0n) is 23.4. The van der Waals surface area contributed by atoms with Crippen LogP contribution >= 0.6 is 0 Å². The van der Waals surface area contributed by atoms with E-state index in [4.69, 9.17) is 16.6 Å². The van der Waals surface area contributed by atoms with Gasteiger partial charge in [0.1, 0.15) is 0 Å². The Hall–Kier alpha value is -5.94. The summed E-state index contributed by atoms with van der Waals surface area (Å²) in [6, 6.07) is 47.8. The van der Waals surface area contributed by atoms with E-state index in [-0.39, 0.29) is 5.71 Å². The molecule has 0 radical (unpaired) electrons. The molecule has 5 nitrogen and oxygen atoms in total. The van der Waals surface area contributed by atoms with Gasteiger partial charge in [-0.2, -0.15) is 0 Å². The van der Waals surface area contributed by atoms with Gasteiger partial charge < -0.3 is 15.5 Å². The fraction of sp³-hybridized carbons (Fsp3) is 0. The van der Waals surface area contributed by atoms with Gasteiger partial charge in [-0.05, 0) is 60.2 Å². The van der Waals surface area contributed by atoms with Crippen molar-refractivity contribution in [2.24, 2.45) is 0 Å². The zero-order valence-corrected chi connectivity index (χ0v) is 23.4. The molecule has 0 fully saturated rings. The van der Waals surface area contributed by atoms with Gasteiger partial charge in [-0.15, -0.1) is 0 Å². The lowest BCUT2D eigenvalue weighted by Crippen LogP contribution is -2.24. The lowest BCUT2D eigenvalue weighted by Gasteiger charge is -2.40. The van der Waals surface area contributed by atoms with Crippen LogP contribution in [0.5, 0.6) is 0 Å². The average Bonchev–Trinajstić information content (AvgIpc) is 3.07. The Morgan fingerprint density at radius 2 is 0.977 bits per heavy atom. The molecule has 1 heterocycles. The number of hydrogen-bond donors (Lipinski definition) is 3. The number of hydrogen-bond acceptors (Lipinski definition) is 5. The number of benzene rings is 6. The van der Waals surface area contributed by atoms with E-state index in [1.807, 2.05) is 42.5 Å². The molecular formula is C38H29N5. The molecule has 0 unspecified atom stereocenters. The third-order valence-corrected chi connectivity index (χ3v) is 7.85. The summed E-state index contributed by atoms with van der Waals surface area (Å²) in [5.74, 6) is 0. The predicted molar refractivity (Wildman–Crippen MR) is 181 cm³/mol. The molecule has 1 aliphatic heterocycles. The zero-order chi connectivity index (χ0) is 29.3. The molecule has 206 valence electrons. The molecule has 1 aliphatic carbocycles. The fourth-order valence-corrected chi connectivity index (χ4v) is 5.83. The van der Waals surface area contributed by atoms with Crippen LogP contribution in [0.15, 0.2) is 146 Å². The molecule has 6 aromatic carbocycles. The number of anilines is 7. The van der Waals surface area contributed by atoms with Gasteiger partial charge in [0, 0.05) is 27.7 Å². The first-order valence-electron chi connectivity index (χ1n) is 14.2. The van der Waals surface area contributed by atoms with Gasteiger partial charge in [-0.1, -0.05) is 97.1 Å². The molecule has 6 aromatic rings. The number of fused-ring (bicyclic) bond motifs is 4. The summed E-state index contributed by atoms with van der Waals surface area (Å²) in [5, 5.41) is 17.2. The summed E-state index contributed by atoms with van der Waals surface area (Å²) >= 11 is 0. The Labute approximate surface area is 250 Å². The van der Waals surface area contributed by atoms with Crippen molar-refractivity contribution in [2.75, 3.05) is 15.5 Å². The van der Waals surface area contributed by atoms with Gasteiger partial charge >= 0.3 is 0 Å². The summed E-state index contributed by atoms with van der Waals surface area (Å²) in [5.41, 5.74) is 16.4. The second-order valence-electron chi connectivity index (χ2n) is 10.4. The molecule has 4 N–H and O–H groups in total. The van der Waals surface area contributed by atoms with Gasteiger partial charge in [0.2, 0.25) is 0 Å². The summed E-state index contributed by atoms with van der Waals surface area (Å²) < 4.78 is 0. The molecule has 0 atom stereocenters. The van der Waals surface area contributed by atoms with Crippen LogP contribution in [0.25, 0.3) is 16.8 Å². The van der Waals surface area contributed by atoms with Crippen molar-refractivity contribution in [1.82, 2.24) is 0 Å². The molecule has 0 saturated heterocycles. The van der Waals surface area contributed by atoms with Gasteiger partial charge in [0.25, 0.3) is 0 Å². The Kier molecular flexibility index (Phi) is 6.53. The second kappa shape index (κ2) is 10.8. The lowest BCUT2D eigenvalue weighted by atomic mass is 9.94. The van der Waals surface area contributed by atoms with Crippen molar-refractivity contribution in [3.05, 3.63) is 157 Å². The first kappa shape index (κ1) is 26.0. The maximum absolute atomic E-state index is 7.60. The molecule has 0 bridgehead atoms. The van der Waals surface area contributed by atoms with Crippen LogP contribution in [0.2, 0.25) is 0 Å². The van der Waals surface area contributed by atoms with Crippen LogP contribution < -0.4 is 15.5 Å². The number of nitrogen functional groups attached to an aromatic ring is 1. The fourth-order valence-electron chi connectivity index (χ4n) is 5.83. The van der Waals surface area contributed by atoms with Gasteiger partial charge in [0.15, 0.2) is 0 Å². The van der Waals surface area contributed by atoms with Crippen molar-refractivity contribution >= 4 is 68.1 Å². The standard InChI is InChI=1S/C28H21N3.C10H8N2/c29-23-18-19-24(22-13-5-4-12-21(22)23)31-27-16-8-6-14-25(27)30(20-10-2-1-3-11-20)26-15-7-9-17-28(26)31;11-9-6-5-7-3-1-2-4-8(7)10(9)12/h1-19H,29H2;1-6,11-12H. The molecule has 0 spiro atoms. The van der Waals surface area contributed by atoms with Crippen LogP contribution in [-0.4, -0.2) is 11.4 Å². The highest BCUT2D eigenvalue weighted by molar-refractivity contribution is 6.52. The topological polar surface area (TPSA) is 80.2 Å². The van der Waals surface area contributed by atoms with Crippen molar-refractivity contribution in [3.63, 3.8) is 0 Å². The molecule has 0 saturated carbocycles. The molecular weight excluding hydrogens is 526 g/mol. The van der Waals surface area contributed by atoms with Gasteiger partial charge in [0.05, 0.1) is 39.9 Å². The minimum absolute atomic E-state index is 0.286. The number of para-hydroxylation sites is 5. The molecule has 0 amide bonds. The van der Waals surface area contributed by atoms with Crippen LogP contribution in [-0.2, 0) is 0 Å². The van der Waals surface area contributed by atoms with Crippen LogP contribution in [0.3, 0.4) is 0 Å². The normalized spacial score (nSPS) is 13.1. The summed E-state index contributed by atoms with van der Waals surface area (Å²) in [4.78, 5) is 4.69. The number of nitrogens with two attached hydrogens (primary N) is 1. The Morgan fingerprint density at radius 3 is 1.65 bits per heavy atom. The number of nitrogens with one attached hydrogen (secondary N) is 2. The molecule has 5 heteroatoms. The summed E-state index contributed by atoms with van der Waals surface area (Å²) in [6.07, 6.45) is 3.53. The van der Waals surface area contributed by atoms with Crippen LogP contribution in [0, 0.1) is 10.8 Å². The first-order valence-corrected chi connectivity index (χ1v) is 14.2. The number of nitrogens with zero attached hydrogens (tertiary/aromatic N) is 2. The van der Waals surface area contributed by atoms with Crippen molar-refractivity contribution in [1.29, 1.82) is 10.8 Å². The van der Waals surface area contributed by atoms with Crippen molar-refractivity contribution in [2.45, 2.75) is 0 Å². The van der Waals surface area contributed by atoms with Crippen LogP contribution in [0.1, 0.15) is 11.1 Å². The third-order valence-electron chi connectivity index (χ3n) is 7.85. The lowest BCUT2D eigenvalue weighted by molar-refractivity contribution is 1.17. The molecule has 2 aliphatic rings. The van der Waals surface area contributed by atoms with Gasteiger partial charge in [-0.3, -0.25) is 10.8 Å². The predicted octanol–water partition coefficient (Wildman–Crippen LogP) is 9.78.